The second-order valence-corrected chi connectivity index (χ2v) is 4.91. The third-order valence-electron chi connectivity index (χ3n) is 2.40. The number of aryl methyl sites for hydroxylation is 1. The Balaban J connectivity index is 2.67. The Morgan fingerprint density at radius 2 is 1.95 bits per heavy atom. The fourth-order valence-electron chi connectivity index (χ4n) is 1.42. The van der Waals surface area contributed by atoms with Crippen LogP contribution in [0.3, 0.4) is 0 Å². The van der Waals surface area contributed by atoms with Gasteiger partial charge in [0.2, 0.25) is 0 Å². The third kappa shape index (κ3) is 4.88. The molecule has 108 valence electrons. The zero-order valence-electron chi connectivity index (χ0n) is 10.5. The molecule has 0 saturated carbocycles. The Bertz CT molecular complexity index is 547. The molecule has 1 rings (SSSR count). The number of nitrogens with one attached hydrogen (secondary N) is 2. The first kappa shape index (κ1) is 16.0. The number of carbonyl (C=O) groups excluding carboxylic acids is 1. The van der Waals surface area contributed by atoms with Crippen LogP contribution in [0.1, 0.15) is 12.0 Å². The number of halogens is 1. The van der Waals surface area contributed by atoms with Crippen LogP contribution in [0.25, 0.3) is 0 Å². The van der Waals surface area contributed by atoms with Gasteiger partial charge in [0.05, 0.1) is 6.42 Å². The standard InChI is InChI=1S/C12H13BrN2O5/c1-6-4-7(2-3-8(6)13)14-12(20)15-9(11(18)19)5-10(16)17/h2-4,9H,5H2,1H3,(H,16,17)(H,18,19)(H2,14,15,20). The second kappa shape index (κ2) is 6.90. The highest BCUT2D eigenvalue weighted by atomic mass is 79.9. The van der Waals surface area contributed by atoms with E-state index in [1.165, 1.54) is 0 Å². The van der Waals surface area contributed by atoms with Gasteiger partial charge in [-0.3, -0.25) is 4.79 Å². The molecule has 0 spiro atoms. The number of benzene rings is 1. The van der Waals surface area contributed by atoms with Crippen molar-refractivity contribution in [2.24, 2.45) is 0 Å². The molecule has 0 aliphatic carbocycles. The zero-order valence-corrected chi connectivity index (χ0v) is 12.1. The molecule has 0 saturated heterocycles. The number of carboxylic acids is 2. The van der Waals surface area contributed by atoms with Gasteiger partial charge >= 0.3 is 18.0 Å². The lowest BCUT2D eigenvalue weighted by molar-refractivity contribution is -0.145. The van der Waals surface area contributed by atoms with Gasteiger partial charge in [0.1, 0.15) is 6.04 Å². The van der Waals surface area contributed by atoms with Crippen molar-refractivity contribution in [1.29, 1.82) is 0 Å². The summed E-state index contributed by atoms with van der Waals surface area (Å²) in [4.78, 5) is 32.9. The number of carboxylic acid groups (broad SMARTS) is 2. The SMILES string of the molecule is Cc1cc(NC(=O)NC(CC(=O)O)C(=O)O)ccc1Br. The fraction of sp³-hybridized carbons (Fsp3) is 0.250. The van der Waals surface area contributed by atoms with Crippen molar-refractivity contribution < 1.29 is 24.6 Å². The van der Waals surface area contributed by atoms with Gasteiger partial charge in [-0.1, -0.05) is 15.9 Å². The molecule has 0 aliphatic heterocycles. The van der Waals surface area contributed by atoms with Crippen molar-refractivity contribution in [3.8, 4) is 0 Å². The van der Waals surface area contributed by atoms with Crippen LogP contribution in [0, 0.1) is 6.92 Å². The highest BCUT2D eigenvalue weighted by molar-refractivity contribution is 9.10. The molecule has 20 heavy (non-hydrogen) atoms. The number of hydrogen-bond donors (Lipinski definition) is 4. The van der Waals surface area contributed by atoms with Crippen LogP contribution in [0.4, 0.5) is 10.5 Å². The van der Waals surface area contributed by atoms with Gasteiger partial charge in [0, 0.05) is 10.2 Å². The van der Waals surface area contributed by atoms with Crippen molar-refractivity contribution in [2.45, 2.75) is 19.4 Å². The maximum Gasteiger partial charge on any atom is 0.326 e. The predicted octanol–water partition coefficient (Wildman–Crippen LogP) is 1.81. The first-order valence-electron chi connectivity index (χ1n) is 5.58. The molecule has 1 unspecified atom stereocenters. The van der Waals surface area contributed by atoms with E-state index in [-0.39, 0.29) is 0 Å². The van der Waals surface area contributed by atoms with Crippen LogP contribution < -0.4 is 10.6 Å². The van der Waals surface area contributed by atoms with E-state index in [1.807, 2.05) is 6.92 Å². The lowest BCUT2D eigenvalue weighted by atomic mass is 10.2. The Labute approximate surface area is 123 Å². The number of carbonyl (C=O) groups is 3. The van der Waals surface area contributed by atoms with Crippen LogP contribution in [-0.4, -0.2) is 34.2 Å². The average Bonchev–Trinajstić information content (AvgIpc) is 2.32. The molecule has 0 aromatic heterocycles. The summed E-state index contributed by atoms with van der Waals surface area (Å²) in [7, 11) is 0. The van der Waals surface area contributed by atoms with E-state index < -0.39 is 30.4 Å². The third-order valence-corrected chi connectivity index (χ3v) is 3.29. The molecule has 4 N–H and O–H groups in total. The Kier molecular flexibility index (Phi) is 5.51. The summed E-state index contributed by atoms with van der Waals surface area (Å²) in [5.74, 6) is -2.72. The van der Waals surface area contributed by atoms with Gasteiger partial charge in [-0.2, -0.15) is 0 Å². The maximum absolute atomic E-state index is 11.6. The average molecular weight is 345 g/mol. The lowest BCUT2D eigenvalue weighted by Gasteiger charge is -2.13. The van der Waals surface area contributed by atoms with Gasteiger partial charge in [-0.25, -0.2) is 9.59 Å². The Hall–Kier alpha value is -2.09. The zero-order chi connectivity index (χ0) is 15.3. The van der Waals surface area contributed by atoms with Gasteiger partial charge in [0.25, 0.3) is 0 Å². The van der Waals surface area contributed by atoms with E-state index in [4.69, 9.17) is 10.2 Å². The first-order chi connectivity index (χ1) is 9.29. The minimum Gasteiger partial charge on any atom is -0.481 e. The Morgan fingerprint density at radius 3 is 2.45 bits per heavy atom. The number of anilines is 1. The maximum atomic E-state index is 11.6. The number of aliphatic carboxylic acids is 2. The van der Waals surface area contributed by atoms with Gasteiger partial charge in [-0.15, -0.1) is 0 Å². The van der Waals surface area contributed by atoms with E-state index in [9.17, 15) is 14.4 Å². The molecule has 7 nitrogen and oxygen atoms in total. The second-order valence-electron chi connectivity index (χ2n) is 4.05. The summed E-state index contributed by atoms with van der Waals surface area (Å²) in [6.45, 7) is 1.83. The van der Waals surface area contributed by atoms with Gasteiger partial charge in [-0.05, 0) is 30.7 Å². The van der Waals surface area contributed by atoms with Crippen molar-refractivity contribution in [3.63, 3.8) is 0 Å². The topological polar surface area (TPSA) is 116 Å². The monoisotopic (exact) mass is 344 g/mol. The van der Waals surface area contributed by atoms with E-state index in [0.717, 1.165) is 10.0 Å². The molecule has 2 amide bonds. The molecule has 0 aliphatic rings. The summed E-state index contributed by atoms with van der Waals surface area (Å²) in [6.07, 6.45) is -0.692. The lowest BCUT2D eigenvalue weighted by Crippen LogP contribution is -2.44. The van der Waals surface area contributed by atoms with Crippen molar-refractivity contribution in [2.75, 3.05) is 5.32 Å². The Morgan fingerprint density at radius 1 is 1.30 bits per heavy atom. The molecule has 1 aromatic carbocycles. The summed E-state index contributed by atoms with van der Waals surface area (Å²) in [5, 5.41) is 21.9. The van der Waals surface area contributed by atoms with E-state index in [0.29, 0.717) is 5.69 Å². The van der Waals surface area contributed by atoms with Crippen LogP contribution in [0.15, 0.2) is 22.7 Å². The quantitative estimate of drug-likeness (QED) is 0.650. The number of rotatable bonds is 5. The minimum atomic E-state index is -1.48. The smallest absolute Gasteiger partial charge is 0.326 e. The molecule has 0 radical (unpaired) electrons. The highest BCUT2D eigenvalue weighted by Gasteiger charge is 2.22. The molecule has 1 atom stereocenters. The van der Waals surface area contributed by atoms with Crippen molar-refractivity contribution in [3.05, 3.63) is 28.2 Å². The molecule has 0 fully saturated rings. The summed E-state index contributed by atoms with van der Waals surface area (Å²) in [6, 6.07) is 2.79. The minimum absolute atomic E-state index is 0.475. The van der Waals surface area contributed by atoms with Crippen LogP contribution >= 0.6 is 15.9 Å². The normalized spacial score (nSPS) is 11.5. The summed E-state index contributed by atoms with van der Waals surface area (Å²) >= 11 is 3.31. The van der Waals surface area contributed by atoms with E-state index in [1.54, 1.807) is 18.2 Å². The molecule has 0 bridgehead atoms. The summed E-state index contributed by atoms with van der Waals surface area (Å²) < 4.78 is 0.873. The molecular weight excluding hydrogens is 332 g/mol. The number of urea groups is 1. The first-order valence-corrected chi connectivity index (χ1v) is 6.37. The molecule has 8 heteroatoms. The van der Waals surface area contributed by atoms with Crippen LogP contribution in [0.2, 0.25) is 0 Å². The predicted molar refractivity (Wildman–Crippen MR) is 74.7 cm³/mol. The number of amides is 2. The fourth-order valence-corrected chi connectivity index (χ4v) is 1.67. The van der Waals surface area contributed by atoms with Crippen LogP contribution in [0.5, 0.6) is 0 Å². The van der Waals surface area contributed by atoms with E-state index >= 15 is 0 Å². The van der Waals surface area contributed by atoms with Crippen molar-refractivity contribution in [1.82, 2.24) is 5.32 Å². The van der Waals surface area contributed by atoms with Crippen LogP contribution in [-0.2, 0) is 9.59 Å². The van der Waals surface area contributed by atoms with E-state index in [2.05, 4.69) is 26.6 Å². The van der Waals surface area contributed by atoms with Gasteiger partial charge < -0.3 is 20.8 Å². The molecular formula is C12H13BrN2O5. The molecule has 1 aromatic rings. The highest BCUT2D eigenvalue weighted by Crippen LogP contribution is 2.19. The largest absolute Gasteiger partial charge is 0.481 e. The van der Waals surface area contributed by atoms with Gasteiger partial charge in [0.15, 0.2) is 0 Å². The number of hydrogen-bond acceptors (Lipinski definition) is 3. The van der Waals surface area contributed by atoms with Crippen molar-refractivity contribution >= 4 is 39.6 Å². The molecule has 0 heterocycles. The summed E-state index contributed by atoms with van der Waals surface area (Å²) in [5.41, 5.74) is 1.37.